The van der Waals surface area contributed by atoms with Gasteiger partial charge in [-0.2, -0.15) is 0 Å². The van der Waals surface area contributed by atoms with Crippen molar-refractivity contribution in [2.75, 3.05) is 23.4 Å². The van der Waals surface area contributed by atoms with Crippen LogP contribution in [0, 0.1) is 11.8 Å². The first kappa shape index (κ1) is 18.3. The van der Waals surface area contributed by atoms with Gasteiger partial charge < -0.3 is 9.80 Å². The number of hydrogen-bond donors (Lipinski definition) is 0. The third-order valence-corrected chi connectivity index (χ3v) is 6.01. The lowest BCUT2D eigenvalue weighted by atomic mass is 10.1. The van der Waals surface area contributed by atoms with Gasteiger partial charge in [0.1, 0.15) is 11.5 Å². The highest BCUT2D eigenvalue weighted by atomic mass is 79.9. The smallest absolute Gasteiger partial charge is 0.329 e. The monoisotopic (exact) mass is 439 g/mol. The topological polar surface area (TPSA) is 63.4 Å². The molecular weight excluding hydrogens is 422 g/mol. The first-order chi connectivity index (χ1) is 13.5. The highest BCUT2D eigenvalue weighted by Gasteiger charge is 2.37. The predicted octanol–water partition coefficient (Wildman–Crippen LogP) is 2.04. The zero-order valence-corrected chi connectivity index (χ0v) is 17.3. The van der Waals surface area contributed by atoms with Crippen LogP contribution in [-0.4, -0.2) is 32.8 Å². The van der Waals surface area contributed by atoms with Crippen LogP contribution in [0.1, 0.15) is 6.92 Å². The second-order valence-electron chi connectivity index (χ2n) is 6.49. The molecule has 1 aliphatic heterocycles. The van der Waals surface area contributed by atoms with E-state index >= 15 is 0 Å². The number of halogens is 1. The number of aromatic nitrogens is 3. The lowest BCUT2D eigenvalue weighted by Crippen LogP contribution is -2.41. The third kappa shape index (κ3) is 2.54. The van der Waals surface area contributed by atoms with Gasteiger partial charge in [-0.15, -0.1) is 5.92 Å². The van der Waals surface area contributed by atoms with Crippen LogP contribution in [0.2, 0.25) is 0 Å². The number of nitrogens with zero attached hydrogens (tertiary/aromatic N) is 5. The summed E-state index contributed by atoms with van der Waals surface area (Å²) in [5, 5.41) is 1.37. The van der Waals surface area contributed by atoms with E-state index in [0.717, 1.165) is 15.3 Å². The lowest BCUT2D eigenvalue weighted by Gasteiger charge is -2.23. The van der Waals surface area contributed by atoms with Crippen LogP contribution in [0.3, 0.4) is 0 Å². The average Bonchev–Trinajstić information content (AvgIpc) is 2.96. The summed E-state index contributed by atoms with van der Waals surface area (Å²) in [5.41, 5.74) is -0.430. The largest absolute Gasteiger partial charge is 0.338 e. The second-order valence-corrected chi connectivity index (χ2v) is 7.31. The van der Waals surface area contributed by atoms with Gasteiger partial charge in [0.15, 0.2) is 10.9 Å². The first-order valence-corrected chi connectivity index (χ1v) is 9.62. The maximum Gasteiger partial charge on any atom is 0.338 e. The average molecular weight is 440 g/mol. The van der Waals surface area contributed by atoms with Gasteiger partial charge in [0.05, 0.1) is 6.54 Å². The fourth-order valence-electron chi connectivity index (χ4n) is 3.55. The summed E-state index contributed by atoms with van der Waals surface area (Å²) in [6, 6.07) is 9.41. The molecule has 4 rings (SSSR count). The van der Waals surface area contributed by atoms with Crippen LogP contribution >= 0.6 is 15.9 Å². The Labute approximate surface area is 170 Å². The Morgan fingerprint density at radius 3 is 2.68 bits per heavy atom. The van der Waals surface area contributed by atoms with Gasteiger partial charge in [-0.1, -0.05) is 30.2 Å². The van der Waals surface area contributed by atoms with Crippen molar-refractivity contribution in [2.24, 2.45) is 7.05 Å². The van der Waals surface area contributed by atoms with Crippen molar-refractivity contribution in [3.8, 4) is 17.7 Å². The maximum atomic E-state index is 13.5. The highest BCUT2D eigenvalue weighted by molar-refractivity contribution is 9.09. The van der Waals surface area contributed by atoms with E-state index in [4.69, 9.17) is 0 Å². The van der Waals surface area contributed by atoms with Gasteiger partial charge in [0.25, 0.3) is 5.56 Å². The zero-order valence-electron chi connectivity index (χ0n) is 15.7. The van der Waals surface area contributed by atoms with Crippen molar-refractivity contribution in [3.05, 3.63) is 57.4 Å². The molecule has 3 aromatic rings. The summed E-state index contributed by atoms with van der Waals surface area (Å²) in [6.45, 7) is 2.11. The van der Waals surface area contributed by atoms with E-state index in [1.54, 1.807) is 20.2 Å². The summed E-state index contributed by atoms with van der Waals surface area (Å²) in [5.74, 6) is 6.73. The number of alkyl halides is 1. The lowest BCUT2D eigenvalue weighted by molar-refractivity contribution is 0.730. The minimum atomic E-state index is -0.442. The normalized spacial score (nSPS) is 15.5. The third-order valence-electron chi connectivity index (χ3n) is 4.90. The van der Waals surface area contributed by atoms with Crippen molar-refractivity contribution in [1.29, 1.82) is 0 Å². The number of anilines is 2. The quantitative estimate of drug-likeness (QED) is 0.347. The molecule has 2 aromatic heterocycles. The number of rotatable bonds is 2. The van der Waals surface area contributed by atoms with E-state index in [0.29, 0.717) is 23.9 Å². The molecule has 142 valence electrons. The standard InChI is InChI=1S/C20H18BrN5O2/c1-4-5-12-25-15-17(23(2)19(25)21)24(3)20(28)26(18(15)27)16-14-9-7-6-8-13(14)10-11-22-16/h6-11,19H,12H2,1-3H3. The van der Waals surface area contributed by atoms with Gasteiger partial charge in [-0.25, -0.2) is 14.3 Å². The SMILES string of the molecule is CC#CCN1c2c(n(C)c(=O)n(-c3nccc4ccccc34)c2=O)N(C)C1Br. The number of hydrogen-bond acceptors (Lipinski definition) is 5. The van der Waals surface area contributed by atoms with Crippen LogP contribution in [0.25, 0.3) is 16.6 Å². The minimum absolute atomic E-state index is 0.280. The molecule has 0 saturated heterocycles. The van der Waals surface area contributed by atoms with Crippen molar-refractivity contribution in [1.82, 2.24) is 14.1 Å². The minimum Gasteiger partial charge on any atom is -0.329 e. The fourth-order valence-corrected chi connectivity index (χ4v) is 4.09. The van der Waals surface area contributed by atoms with E-state index in [1.807, 2.05) is 47.2 Å². The molecule has 8 heteroatoms. The molecule has 28 heavy (non-hydrogen) atoms. The molecule has 1 aromatic carbocycles. The van der Waals surface area contributed by atoms with E-state index in [-0.39, 0.29) is 5.08 Å². The molecule has 1 aliphatic rings. The Morgan fingerprint density at radius 2 is 1.93 bits per heavy atom. The van der Waals surface area contributed by atoms with Gasteiger partial charge in [0.2, 0.25) is 0 Å². The van der Waals surface area contributed by atoms with Crippen LogP contribution in [-0.2, 0) is 7.05 Å². The molecule has 0 spiro atoms. The molecule has 0 fully saturated rings. The maximum absolute atomic E-state index is 13.5. The van der Waals surface area contributed by atoms with Crippen LogP contribution in [0.5, 0.6) is 0 Å². The van der Waals surface area contributed by atoms with Gasteiger partial charge in [0, 0.05) is 25.7 Å². The van der Waals surface area contributed by atoms with Crippen molar-refractivity contribution in [2.45, 2.75) is 12.0 Å². The predicted molar refractivity (Wildman–Crippen MR) is 114 cm³/mol. The Morgan fingerprint density at radius 1 is 1.18 bits per heavy atom. The molecule has 0 amide bonds. The summed E-state index contributed by atoms with van der Waals surface area (Å²) in [4.78, 5) is 34.7. The summed E-state index contributed by atoms with van der Waals surface area (Å²) in [6.07, 6.45) is 1.61. The molecule has 1 unspecified atom stereocenters. The Hall–Kier alpha value is -3.05. The van der Waals surface area contributed by atoms with Crippen molar-refractivity contribution >= 4 is 38.2 Å². The number of fused-ring (bicyclic) bond motifs is 2. The zero-order chi connectivity index (χ0) is 20.0. The second kappa shape index (κ2) is 6.84. The molecule has 0 aliphatic carbocycles. The van der Waals surface area contributed by atoms with E-state index in [1.165, 1.54) is 4.57 Å². The Kier molecular flexibility index (Phi) is 4.47. The molecule has 0 saturated carbocycles. The molecule has 1 atom stereocenters. The van der Waals surface area contributed by atoms with Gasteiger partial charge in [-0.3, -0.25) is 9.36 Å². The number of pyridine rings is 1. The van der Waals surface area contributed by atoms with E-state index in [9.17, 15) is 9.59 Å². The summed E-state index contributed by atoms with van der Waals surface area (Å²) in [7, 11) is 3.49. The highest BCUT2D eigenvalue weighted by Crippen LogP contribution is 2.36. The first-order valence-electron chi connectivity index (χ1n) is 8.70. The van der Waals surface area contributed by atoms with E-state index in [2.05, 4.69) is 32.8 Å². The summed E-state index contributed by atoms with van der Waals surface area (Å²) < 4.78 is 2.63. The van der Waals surface area contributed by atoms with Crippen LogP contribution < -0.4 is 21.0 Å². The molecule has 0 N–H and O–H groups in total. The van der Waals surface area contributed by atoms with Crippen LogP contribution in [0.15, 0.2) is 46.1 Å². The molecule has 0 bridgehead atoms. The van der Waals surface area contributed by atoms with Crippen molar-refractivity contribution < 1.29 is 0 Å². The Bertz CT molecular complexity index is 1260. The van der Waals surface area contributed by atoms with Crippen molar-refractivity contribution in [3.63, 3.8) is 0 Å². The number of benzene rings is 1. The van der Waals surface area contributed by atoms with Crippen LogP contribution in [0.4, 0.5) is 11.5 Å². The Balaban J connectivity index is 2.08. The fraction of sp³-hybridized carbons (Fsp3) is 0.250. The molecule has 0 radical (unpaired) electrons. The van der Waals surface area contributed by atoms with E-state index < -0.39 is 11.2 Å². The van der Waals surface area contributed by atoms with Gasteiger partial charge in [-0.05, 0) is 34.3 Å². The molecular formula is C20H18BrN5O2. The summed E-state index contributed by atoms with van der Waals surface area (Å²) >= 11 is 3.60. The molecule has 7 nitrogen and oxygen atoms in total. The van der Waals surface area contributed by atoms with Gasteiger partial charge >= 0.3 is 5.69 Å². The molecule has 3 heterocycles.